The molecule has 136 valence electrons. The molecule has 0 aromatic heterocycles. The van der Waals surface area contributed by atoms with Crippen molar-refractivity contribution in [3.63, 3.8) is 0 Å². The van der Waals surface area contributed by atoms with Crippen LogP contribution in [0.25, 0.3) is 0 Å². The van der Waals surface area contributed by atoms with Crippen LogP contribution < -0.4 is 5.73 Å². The van der Waals surface area contributed by atoms with E-state index in [-0.39, 0.29) is 18.1 Å². The van der Waals surface area contributed by atoms with Gasteiger partial charge in [0.2, 0.25) is 0 Å². The molecule has 1 saturated heterocycles. The average Bonchev–Trinajstić information content (AvgIpc) is 2.67. The highest BCUT2D eigenvalue weighted by Gasteiger charge is 2.30. The van der Waals surface area contributed by atoms with E-state index in [1.807, 2.05) is 50.3 Å². The zero-order valence-corrected chi connectivity index (χ0v) is 15.4. The summed E-state index contributed by atoms with van der Waals surface area (Å²) in [5.74, 6) is -0.247. The van der Waals surface area contributed by atoms with E-state index in [4.69, 9.17) is 10.5 Å². The fourth-order valence-electron chi connectivity index (χ4n) is 3.08. The molecule has 25 heavy (non-hydrogen) atoms. The van der Waals surface area contributed by atoms with Crippen molar-refractivity contribution in [2.75, 3.05) is 13.1 Å². The maximum absolute atomic E-state index is 12.3. The second-order valence-corrected chi connectivity index (χ2v) is 6.26. The number of piperidine rings is 1. The van der Waals surface area contributed by atoms with Crippen LogP contribution in [-0.4, -0.2) is 36.1 Å². The van der Waals surface area contributed by atoms with Gasteiger partial charge in [0.15, 0.2) is 0 Å². The van der Waals surface area contributed by atoms with Crippen LogP contribution in [0.2, 0.25) is 0 Å². The number of carbonyl (C=O) groups is 1. The van der Waals surface area contributed by atoms with Crippen LogP contribution in [0.3, 0.4) is 0 Å². The van der Waals surface area contributed by atoms with Gasteiger partial charge in [-0.25, -0.2) is 4.79 Å². The van der Waals surface area contributed by atoms with Gasteiger partial charge in [0.25, 0.3) is 0 Å². The maximum atomic E-state index is 12.3. The van der Waals surface area contributed by atoms with E-state index in [0.29, 0.717) is 12.1 Å². The van der Waals surface area contributed by atoms with Crippen LogP contribution in [0.15, 0.2) is 54.1 Å². The zero-order chi connectivity index (χ0) is 18.1. The number of hydrogen-bond donors (Lipinski definition) is 1. The zero-order valence-electron chi connectivity index (χ0n) is 15.4. The predicted molar refractivity (Wildman–Crippen MR) is 102 cm³/mol. The Morgan fingerprint density at radius 3 is 2.68 bits per heavy atom. The minimum Gasteiger partial charge on any atom is -0.456 e. The summed E-state index contributed by atoms with van der Waals surface area (Å²) in [7, 11) is 0. The van der Waals surface area contributed by atoms with Gasteiger partial charge in [0, 0.05) is 25.7 Å². The molecule has 0 saturated carbocycles. The Morgan fingerprint density at radius 2 is 2.00 bits per heavy atom. The first-order valence-electron chi connectivity index (χ1n) is 9.32. The fraction of sp³-hybridized carbons (Fsp3) is 0.476. The van der Waals surface area contributed by atoms with E-state index in [2.05, 4.69) is 17.0 Å². The molecule has 3 rings (SSSR count). The fourth-order valence-corrected chi connectivity index (χ4v) is 3.08. The van der Waals surface area contributed by atoms with Crippen molar-refractivity contribution in [3.8, 4) is 0 Å². The lowest BCUT2D eigenvalue weighted by atomic mass is 10.0. The summed E-state index contributed by atoms with van der Waals surface area (Å²) < 4.78 is 5.69. The molecule has 1 aromatic carbocycles. The van der Waals surface area contributed by atoms with Crippen molar-refractivity contribution in [2.24, 2.45) is 5.73 Å². The quantitative estimate of drug-likeness (QED) is 0.852. The van der Waals surface area contributed by atoms with Gasteiger partial charge in [0.1, 0.15) is 6.10 Å². The van der Waals surface area contributed by atoms with E-state index in [9.17, 15) is 4.79 Å². The molecule has 1 aliphatic heterocycles. The Balaban J connectivity index is 0.00000109. The van der Waals surface area contributed by atoms with Crippen molar-refractivity contribution in [1.82, 2.24) is 4.90 Å². The van der Waals surface area contributed by atoms with Gasteiger partial charge in [-0.05, 0) is 24.8 Å². The van der Waals surface area contributed by atoms with E-state index in [1.165, 1.54) is 5.56 Å². The van der Waals surface area contributed by atoms with Crippen LogP contribution >= 0.6 is 0 Å². The molecule has 1 aliphatic carbocycles. The Kier molecular flexibility index (Phi) is 7.89. The molecule has 2 unspecified atom stereocenters. The number of nitrogens with zero attached hydrogens (tertiary/aromatic N) is 1. The van der Waals surface area contributed by atoms with Crippen molar-refractivity contribution in [2.45, 2.75) is 51.8 Å². The lowest BCUT2D eigenvalue weighted by Crippen LogP contribution is -2.52. The van der Waals surface area contributed by atoms with Crippen molar-refractivity contribution in [3.05, 3.63) is 59.7 Å². The van der Waals surface area contributed by atoms with Gasteiger partial charge >= 0.3 is 5.97 Å². The maximum Gasteiger partial charge on any atom is 0.338 e. The second kappa shape index (κ2) is 10.2. The van der Waals surface area contributed by atoms with Gasteiger partial charge in [-0.3, -0.25) is 4.90 Å². The average molecular weight is 342 g/mol. The van der Waals surface area contributed by atoms with Crippen molar-refractivity contribution >= 4 is 5.97 Å². The third-order valence-corrected chi connectivity index (χ3v) is 4.43. The first kappa shape index (κ1) is 19.4. The molecule has 1 fully saturated rings. The summed E-state index contributed by atoms with van der Waals surface area (Å²) in [6.07, 6.45) is 8.30. The van der Waals surface area contributed by atoms with Crippen LogP contribution in [0.5, 0.6) is 0 Å². The summed E-state index contributed by atoms with van der Waals surface area (Å²) in [6, 6.07) is 10.3. The third-order valence-electron chi connectivity index (χ3n) is 4.43. The summed E-state index contributed by atoms with van der Waals surface area (Å²) >= 11 is 0. The van der Waals surface area contributed by atoms with Gasteiger partial charge in [0.05, 0.1) is 5.57 Å². The van der Waals surface area contributed by atoms with Gasteiger partial charge in [-0.2, -0.15) is 0 Å². The van der Waals surface area contributed by atoms with Crippen LogP contribution in [0.1, 0.15) is 38.7 Å². The van der Waals surface area contributed by atoms with Gasteiger partial charge < -0.3 is 10.5 Å². The number of benzene rings is 1. The second-order valence-electron chi connectivity index (χ2n) is 6.26. The number of hydrogen-bond acceptors (Lipinski definition) is 4. The highest BCUT2D eigenvalue weighted by atomic mass is 16.5. The highest BCUT2D eigenvalue weighted by molar-refractivity contribution is 5.91. The Bertz CT molecular complexity index is 595. The smallest absolute Gasteiger partial charge is 0.338 e. The topological polar surface area (TPSA) is 55.6 Å². The van der Waals surface area contributed by atoms with Crippen LogP contribution in [0, 0.1) is 0 Å². The largest absolute Gasteiger partial charge is 0.456 e. The molecule has 0 bridgehead atoms. The molecule has 0 amide bonds. The molecule has 0 radical (unpaired) electrons. The minimum absolute atomic E-state index is 0.0841. The Labute approximate surface area is 151 Å². The summed E-state index contributed by atoms with van der Waals surface area (Å²) in [6.45, 7) is 6.50. The third kappa shape index (κ3) is 5.83. The lowest BCUT2D eigenvalue weighted by Gasteiger charge is -2.36. The molecule has 2 N–H and O–H groups in total. The van der Waals surface area contributed by atoms with Crippen molar-refractivity contribution < 1.29 is 9.53 Å². The number of ether oxygens (including phenoxy) is 1. The molecule has 2 aliphatic rings. The highest BCUT2D eigenvalue weighted by Crippen LogP contribution is 2.18. The van der Waals surface area contributed by atoms with E-state index < -0.39 is 0 Å². The van der Waals surface area contributed by atoms with Crippen LogP contribution in [0.4, 0.5) is 0 Å². The number of rotatable bonds is 4. The summed E-state index contributed by atoms with van der Waals surface area (Å²) in [5.41, 5.74) is 8.10. The standard InChI is InChI=1S/C19H24N2O2.C2H6/c20-17-11-12-21(13-15-7-3-1-4-8-15)14-18(17)23-19(22)16-9-5-2-6-10-16;1-2/h1,3-5,7-10,17-18H,2,6,11-14,20H2;1-2H3. The minimum atomic E-state index is -0.247. The number of nitrogens with two attached hydrogens (primary N) is 1. The van der Waals surface area contributed by atoms with Crippen LogP contribution in [-0.2, 0) is 16.1 Å². The molecule has 1 aromatic rings. The van der Waals surface area contributed by atoms with Gasteiger partial charge in [-0.15, -0.1) is 0 Å². The first-order chi connectivity index (χ1) is 12.2. The molecular weight excluding hydrogens is 312 g/mol. The normalized spacial score (nSPS) is 23.2. The summed E-state index contributed by atoms with van der Waals surface area (Å²) in [5, 5.41) is 0. The molecular formula is C21H30N2O2. The van der Waals surface area contributed by atoms with Gasteiger partial charge in [-0.1, -0.05) is 62.4 Å². The van der Waals surface area contributed by atoms with E-state index >= 15 is 0 Å². The molecule has 0 spiro atoms. The number of esters is 1. The number of allylic oxidation sites excluding steroid dienone is 2. The predicted octanol–water partition coefficient (Wildman–Crippen LogP) is 3.43. The SMILES string of the molecule is CC.NC1CCN(Cc2ccccc2)CC1OC(=O)C1=CCCC=C1. The Morgan fingerprint density at radius 1 is 1.24 bits per heavy atom. The molecule has 4 nitrogen and oxygen atoms in total. The molecule has 4 heteroatoms. The van der Waals surface area contributed by atoms with Crippen molar-refractivity contribution in [1.29, 1.82) is 0 Å². The number of likely N-dealkylation sites (tertiary alicyclic amines) is 1. The molecule has 2 atom stereocenters. The summed E-state index contributed by atoms with van der Waals surface area (Å²) in [4.78, 5) is 14.6. The van der Waals surface area contributed by atoms with E-state index in [1.54, 1.807) is 0 Å². The monoisotopic (exact) mass is 342 g/mol. The molecule has 1 heterocycles. The first-order valence-corrected chi connectivity index (χ1v) is 9.32. The Hall–Kier alpha value is -1.91. The van der Waals surface area contributed by atoms with E-state index in [0.717, 1.165) is 32.4 Å². The lowest BCUT2D eigenvalue weighted by molar-refractivity contribution is -0.147. The number of carbonyl (C=O) groups excluding carboxylic acids is 1.